The first-order valence-electron chi connectivity index (χ1n) is 20.3. The van der Waals surface area contributed by atoms with Crippen molar-refractivity contribution in [3.63, 3.8) is 0 Å². The molecule has 2 aromatic rings. The maximum Gasteiger partial charge on any atom is 0.489 e. The first-order chi connectivity index (χ1) is 26.4. The molecule has 0 saturated carbocycles. The number of fused-ring (bicyclic) bond motifs is 8. The van der Waals surface area contributed by atoms with E-state index in [-0.39, 0.29) is 17.3 Å². The quantitative estimate of drug-likeness (QED) is 0.114. The lowest BCUT2D eigenvalue weighted by atomic mass is 9.51. The molecule has 0 bridgehead atoms. The highest BCUT2D eigenvalue weighted by Gasteiger charge is 2.58. The van der Waals surface area contributed by atoms with Crippen LogP contribution in [0.4, 0.5) is 0 Å². The molecule has 292 valence electrons. The maximum atomic E-state index is 11.6. The van der Waals surface area contributed by atoms with Crippen LogP contribution in [-0.2, 0) is 9.47 Å². The van der Waals surface area contributed by atoms with Crippen molar-refractivity contribution in [3.8, 4) is 11.5 Å². The Labute approximate surface area is 328 Å². The van der Waals surface area contributed by atoms with Crippen LogP contribution >= 0.6 is 0 Å². The Morgan fingerprint density at radius 2 is 1.09 bits per heavy atom. The van der Waals surface area contributed by atoms with Crippen molar-refractivity contribution in [2.75, 3.05) is 26.4 Å². The number of allylic oxidation sites excluding steroid dienone is 6. The van der Waals surface area contributed by atoms with Crippen molar-refractivity contribution in [2.24, 2.45) is 29.1 Å². The van der Waals surface area contributed by atoms with Gasteiger partial charge in [0.05, 0.1) is 26.4 Å². The first-order valence-corrected chi connectivity index (χ1v) is 20.3. The summed E-state index contributed by atoms with van der Waals surface area (Å²) in [4.78, 5) is 0. The lowest BCUT2D eigenvalue weighted by molar-refractivity contribution is 0.133. The van der Waals surface area contributed by atoms with Gasteiger partial charge in [-0.05, 0) is 110 Å². The van der Waals surface area contributed by atoms with Gasteiger partial charge >= 0.3 is 14.2 Å². The Bertz CT molecular complexity index is 1950. The highest BCUT2D eigenvalue weighted by Crippen LogP contribution is 2.65. The topological polar surface area (TPSA) is 118 Å². The van der Waals surface area contributed by atoms with Crippen molar-refractivity contribution in [1.82, 2.24) is 0 Å². The summed E-state index contributed by atoms with van der Waals surface area (Å²) in [6, 6.07) is 9.49. The Kier molecular flexibility index (Phi) is 12.6. The molecule has 0 heterocycles. The van der Waals surface area contributed by atoms with Crippen LogP contribution in [0.5, 0.6) is 11.5 Å². The molecule has 1 spiro atoms. The predicted molar refractivity (Wildman–Crippen MR) is 223 cm³/mol. The van der Waals surface area contributed by atoms with Crippen LogP contribution in [0, 0.1) is 29.1 Å². The van der Waals surface area contributed by atoms with Crippen LogP contribution in [0.2, 0.25) is 0 Å². The van der Waals surface area contributed by atoms with E-state index in [4.69, 9.17) is 18.9 Å². The smallest absolute Gasteiger partial charge is 0.489 e. The van der Waals surface area contributed by atoms with Gasteiger partial charge < -0.3 is 39.0 Å². The van der Waals surface area contributed by atoms with E-state index in [0.29, 0.717) is 66.7 Å². The van der Waals surface area contributed by atoms with Crippen molar-refractivity contribution in [2.45, 2.75) is 81.1 Å². The second-order valence-corrected chi connectivity index (χ2v) is 16.1. The molecular weight excluding hydrogens is 690 g/mol. The van der Waals surface area contributed by atoms with E-state index in [1.807, 2.05) is 24.3 Å². The lowest BCUT2D eigenvalue weighted by Crippen LogP contribution is -2.42. The van der Waals surface area contributed by atoms with Gasteiger partial charge in [0.25, 0.3) is 0 Å². The van der Waals surface area contributed by atoms with Crippen LogP contribution in [-0.4, -0.2) is 60.8 Å². The fourth-order valence-corrected chi connectivity index (χ4v) is 7.48. The van der Waals surface area contributed by atoms with Crippen LogP contribution in [0.25, 0.3) is 23.3 Å². The maximum absolute atomic E-state index is 11.6. The van der Waals surface area contributed by atoms with E-state index in [0.717, 1.165) is 70.2 Å². The van der Waals surface area contributed by atoms with Gasteiger partial charge in [-0.15, -0.1) is 0 Å². The molecule has 4 aliphatic rings. The lowest BCUT2D eigenvalue weighted by Gasteiger charge is -2.46. The minimum Gasteiger partial charge on any atom is -0.496 e. The Balaban J connectivity index is 1.61. The standard InChI is InChI=1S/C45H58B2O8/c1-9-27(5)23-52-40-20-32-19-38-35(36(32)21-41(40)53-24-28(6)10-2)15-16-43(55-26-30(8)12-4)45(38)39-18-31-17-33(46(48)49)13-14-34(31)37(39)22-42(44(45)47(50)51)54-25-29(7)11-3/h13-22,27-30,48-51H,9-12,23-26H2,1-8H3. The molecule has 0 amide bonds. The van der Waals surface area contributed by atoms with Crippen molar-refractivity contribution in [1.29, 1.82) is 0 Å². The number of hydrogen-bond acceptors (Lipinski definition) is 8. The summed E-state index contributed by atoms with van der Waals surface area (Å²) in [5.41, 5.74) is 6.27. The van der Waals surface area contributed by atoms with Crippen molar-refractivity contribution >= 4 is 43.0 Å². The molecule has 10 heteroatoms. The summed E-state index contributed by atoms with van der Waals surface area (Å²) < 4.78 is 26.4. The van der Waals surface area contributed by atoms with E-state index in [1.54, 1.807) is 12.1 Å². The Hall–Kier alpha value is -3.95. The minimum atomic E-state index is -1.91. The molecule has 6 rings (SSSR count). The molecule has 4 N–H and O–H groups in total. The molecule has 5 unspecified atom stereocenters. The number of rotatable bonds is 18. The summed E-state index contributed by atoms with van der Waals surface area (Å²) in [5.74, 6) is 3.48. The fraction of sp³-hybridized carbons (Fsp3) is 0.467. The third-order valence-electron chi connectivity index (χ3n) is 11.9. The van der Waals surface area contributed by atoms with E-state index in [2.05, 4.69) is 79.7 Å². The summed E-state index contributed by atoms with van der Waals surface area (Å²) in [6.45, 7) is 19.1. The minimum absolute atomic E-state index is 0.219. The molecule has 4 aliphatic carbocycles. The van der Waals surface area contributed by atoms with Gasteiger partial charge in [-0.3, -0.25) is 0 Å². The monoisotopic (exact) mass is 748 g/mol. The number of ether oxygens (including phenoxy) is 4. The van der Waals surface area contributed by atoms with Crippen LogP contribution < -0.4 is 14.9 Å². The summed E-state index contributed by atoms with van der Waals surface area (Å²) in [7, 11) is -3.55. The summed E-state index contributed by atoms with van der Waals surface area (Å²) >= 11 is 0. The van der Waals surface area contributed by atoms with Gasteiger partial charge in [-0.1, -0.05) is 105 Å². The second kappa shape index (κ2) is 17.0. The van der Waals surface area contributed by atoms with Crippen LogP contribution in [0.15, 0.2) is 76.7 Å². The zero-order chi connectivity index (χ0) is 39.6. The molecule has 0 fully saturated rings. The fourth-order valence-electron chi connectivity index (χ4n) is 7.48. The molecule has 55 heavy (non-hydrogen) atoms. The molecule has 0 radical (unpaired) electrons. The first kappa shape index (κ1) is 40.7. The molecule has 0 aromatic heterocycles. The van der Waals surface area contributed by atoms with Crippen LogP contribution in [0.1, 0.15) is 103 Å². The van der Waals surface area contributed by atoms with Crippen molar-refractivity contribution in [3.05, 3.63) is 99.0 Å². The zero-order valence-corrected chi connectivity index (χ0v) is 33.8. The largest absolute Gasteiger partial charge is 0.496 e. The van der Waals surface area contributed by atoms with E-state index in [9.17, 15) is 20.1 Å². The molecule has 5 atom stereocenters. The van der Waals surface area contributed by atoms with Gasteiger partial charge in [0.2, 0.25) is 0 Å². The van der Waals surface area contributed by atoms with Crippen LogP contribution in [0.3, 0.4) is 0 Å². The normalized spacial score (nSPS) is 20.1. The number of hydrogen-bond donors (Lipinski definition) is 4. The van der Waals surface area contributed by atoms with E-state index in [1.165, 1.54) is 0 Å². The molecular formula is C45H58B2O8. The average Bonchev–Trinajstić information content (AvgIpc) is 3.74. The number of benzene rings is 2. The summed E-state index contributed by atoms with van der Waals surface area (Å²) in [6.07, 6.45) is 13.9. The molecule has 8 nitrogen and oxygen atoms in total. The predicted octanol–water partition coefficient (Wildman–Crippen LogP) is 7.77. The van der Waals surface area contributed by atoms with E-state index < -0.39 is 19.7 Å². The third-order valence-corrected chi connectivity index (χ3v) is 11.9. The average molecular weight is 749 g/mol. The second-order valence-electron chi connectivity index (χ2n) is 16.1. The van der Waals surface area contributed by atoms with Gasteiger partial charge in [0, 0.05) is 5.47 Å². The zero-order valence-electron chi connectivity index (χ0n) is 33.8. The van der Waals surface area contributed by atoms with Gasteiger partial charge in [-0.2, -0.15) is 0 Å². The summed E-state index contributed by atoms with van der Waals surface area (Å²) in [5, 5.41) is 43.5. The SMILES string of the molecule is CCC(C)COC1=CC=C2C(=Cc3cc(OCC(C)CC)c(OCC(C)CC)cc32)C12C1=Cc3cc(B(O)O)ccc3C1=CC(OCC(C)CC)=C2B(O)O. The highest BCUT2D eigenvalue weighted by atomic mass is 16.5. The Morgan fingerprint density at radius 1 is 0.564 bits per heavy atom. The Morgan fingerprint density at radius 3 is 1.65 bits per heavy atom. The highest BCUT2D eigenvalue weighted by molar-refractivity contribution is 6.58. The molecule has 2 aromatic carbocycles. The van der Waals surface area contributed by atoms with Gasteiger partial charge in [-0.25, -0.2) is 0 Å². The molecule has 0 saturated heterocycles. The van der Waals surface area contributed by atoms with Gasteiger partial charge in [0.1, 0.15) is 16.9 Å². The van der Waals surface area contributed by atoms with Gasteiger partial charge in [0.15, 0.2) is 11.5 Å². The van der Waals surface area contributed by atoms with E-state index >= 15 is 0 Å². The molecule has 0 aliphatic heterocycles. The van der Waals surface area contributed by atoms with Crippen molar-refractivity contribution < 1.29 is 39.0 Å². The third kappa shape index (κ3) is 7.76.